The van der Waals surface area contributed by atoms with Crippen LogP contribution in [0.1, 0.15) is 55.6 Å². The van der Waals surface area contributed by atoms with E-state index in [-0.39, 0.29) is 0 Å². The van der Waals surface area contributed by atoms with Gasteiger partial charge in [-0.1, -0.05) is 43.5 Å². The number of hydrogen-bond donors (Lipinski definition) is 0. The van der Waals surface area contributed by atoms with E-state index in [4.69, 9.17) is 0 Å². The van der Waals surface area contributed by atoms with Crippen LogP contribution in [-0.2, 0) is 6.42 Å². The molecule has 0 radical (unpaired) electrons. The van der Waals surface area contributed by atoms with Crippen LogP contribution in [0.5, 0.6) is 0 Å². The van der Waals surface area contributed by atoms with Crippen molar-refractivity contribution in [2.24, 2.45) is 5.92 Å². The second-order valence-corrected chi connectivity index (χ2v) is 5.24. The van der Waals surface area contributed by atoms with Crippen LogP contribution in [0.4, 0.5) is 0 Å². The predicted molar refractivity (Wildman–Crippen MR) is 64.1 cm³/mol. The standard InChI is InChI=1S/C15H20/c1-2-6-12-10-11-13-7-4-5-9-15(13)14(12)8-3-1/h4-5,7,9,12,14H,1-3,6,8,10-11H2. The van der Waals surface area contributed by atoms with Crippen LogP contribution in [0.15, 0.2) is 24.3 Å². The number of benzene rings is 1. The van der Waals surface area contributed by atoms with E-state index < -0.39 is 0 Å². The Morgan fingerprint density at radius 3 is 2.73 bits per heavy atom. The Bertz CT molecular complexity index is 340. The van der Waals surface area contributed by atoms with Crippen LogP contribution in [0, 0.1) is 5.92 Å². The molecular formula is C15H20. The average Bonchev–Trinajstić information content (AvgIpc) is 2.54. The van der Waals surface area contributed by atoms with E-state index >= 15 is 0 Å². The predicted octanol–water partition coefficient (Wildman–Crippen LogP) is 4.30. The van der Waals surface area contributed by atoms with E-state index in [1.807, 2.05) is 0 Å². The minimum atomic E-state index is 0.900. The van der Waals surface area contributed by atoms with Gasteiger partial charge in [0, 0.05) is 0 Å². The highest BCUT2D eigenvalue weighted by atomic mass is 14.3. The SMILES string of the molecule is c1ccc2c(c1)CCC1CCCCCC21. The maximum Gasteiger partial charge on any atom is -0.0131 e. The molecule has 1 fully saturated rings. The van der Waals surface area contributed by atoms with Gasteiger partial charge < -0.3 is 0 Å². The van der Waals surface area contributed by atoms with Crippen LogP contribution < -0.4 is 0 Å². The minimum Gasteiger partial charge on any atom is -0.0620 e. The highest BCUT2D eigenvalue weighted by molar-refractivity contribution is 5.33. The summed E-state index contributed by atoms with van der Waals surface area (Å²) in [6, 6.07) is 9.16. The summed E-state index contributed by atoms with van der Waals surface area (Å²) < 4.78 is 0. The molecule has 2 aliphatic carbocycles. The molecule has 1 aromatic rings. The zero-order chi connectivity index (χ0) is 10.1. The molecule has 0 spiro atoms. The van der Waals surface area contributed by atoms with E-state index in [1.54, 1.807) is 11.1 Å². The molecule has 0 nitrogen and oxygen atoms in total. The van der Waals surface area contributed by atoms with Crippen LogP contribution in [0.3, 0.4) is 0 Å². The van der Waals surface area contributed by atoms with Gasteiger partial charge in [-0.15, -0.1) is 0 Å². The van der Waals surface area contributed by atoms with Crippen LogP contribution in [0.2, 0.25) is 0 Å². The van der Waals surface area contributed by atoms with E-state index in [1.165, 1.54) is 44.9 Å². The second-order valence-electron chi connectivity index (χ2n) is 5.24. The molecular weight excluding hydrogens is 180 g/mol. The van der Waals surface area contributed by atoms with E-state index in [9.17, 15) is 0 Å². The number of rotatable bonds is 0. The smallest absolute Gasteiger partial charge is 0.0131 e. The molecule has 0 amide bonds. The quantitative estimate of drug-likeness (QED) is 0.586. The fourth-order valence-corrected chi connectivity index (χ4v) is 3.60. The number of hydrogen-bond acceptors (Lipinski definition) is 0. The summed E-state index contributed by atoms with van der Waals surface area (Å²) >= 11 is 0. The monoisotopic (exact) mass is 200 g/mol. The van der Waals surface area contributed by atoms with Crippen molar-refractivity contribution in [3.8, 4) is 0 Å². The summed E-state index contributed by atoms with van der Waals surface area (Å²) in [5.74, 6) is 1.90. The lowest BCUT2D eigenvalue weighted by atomic mass is 9.73. The van der Waals surface area contributed by atoms with E-state index in [0.29, 0.717) is 0 Å². The van der Waals surface area contributed by atoms with Crippen molar-refractivity contribution < 1.29 is 0 Å². The molecule has 0 N–H and O–H groups in total. The van der Waals surface area contributed by atoms with Crippen molar-refractivity contribution >= 4 is 0 Å². The summed E-state index contributed by atoms with van der Waals surface area (Å²) in [5, 5.41) is 0. The van der Waals surface area contributed by atoms with Gasteiger partial charge in [-0.05, 0) is 48.6 Å². The Labute approximate surface area is 92.7 Å². The Morgan fingerprint density at radius 1 is 0.867 bits per heavy atom. The molecule has 80 valence electrons. The van der Waals surface area contributed by atoms with Gasteiger partial charge in [0.15, 0.2) is 0 Å². The Morgan fingerprint density at radius 2 is 1.73 bits per heavy atom. The largest absolute Gasteiger partial charge is 0.0620 e. The number of aryl methyl sites for hydroxylation is 1. The molecule has 0 aromatic heterocycles. The van der Waals surface area contributed by atoms with Crippen molar-refractivity contribution in [1.82, 2.24) is 0 Å². The van der Waals surface area contributed by atoms with Gasteiger partial charge in [0.05, 0.1) is 0 Å². The third kappa shape index (κ3) is 1.71. The van der Waals surface area contributed by atoms with Crippen LogP contribution >= 0.6 is 0 Å². The molecule has 1 aromatic carbocycles. The third-order valence-corrected chi connectivity index (χ3v) is 4.40. The normalized spacial score (nSPS) is 30.1. The molecule has 0 heteroatoms. The van der Waals surface area contributed by atoms with Crippen LogP contribution in [-0.4, -0.2) is 0 Å². The van der Waals surface area contributed by atoms with Crippen molar-refractivity contribution in [2.75, 3.05) is 0 Å². The fourth-order valence-electron chi connectivity index (χ4n) is 3.60. The maximum absolute atomic E-state index is 2.39. The third-order valence-electron chi connectivity index (χ3n) is 4.40. The van der Waals surface area contributed by atoms with Crippen LogP contribution in [0.25, 0.3) is 0 Å². The molecule has 0 heterocycles. The zero-order valence-electron chi connectivity index (χ0n) is 9.41. The maximum atomic E-state index is 2.39. The molecule has 1 saturated carbocycles. The molecule has 15 heavy (non-hydrogen) atoms. The average molecular weight is 200 g/mol. The Hall–Kier alpha value is -0.780. The highest BCUT2D eigenvalue weighted by Crippen LogP contribution is 2.43. The molecule has 0 bridgehead atoms. The molecule has 0 saturated heterocycles. The Balaban J connectivity index is 1.96. The van der Waals surface area contributed by atoms with E-state index in [2.05, 4.69) is 24.3 Å². The molecule has 0 aliphatic heterocycles. The van der Waals surface area contributed by atoms with Crippen molar-refractivity contribution in [2.45, 2.75) is 50.9 Å². The van der Waals surface area contributed by atoms with Crippen molar-refractivity contribution in [3.63, 3.8) is 0 Å². The number of fused-ring (bicyclic) bond motifs is 3. The lowest BCUT2D eigenvalue weighted by Crippen LogP contribution is -2.19. The first kappa shape index (κ1) is 9.45. The first-order valence-corrected chi connectivity index (χ1v) is 6.53. The van der Waals surface area contributed by atoms with Crippen molar-refractivity contribution in [3.05, 3.63) is 35.4 Å². The van der Waals surface area contributed by atoms with Gasteiger partial charge in [0.2, 0.25) is 0 Å². The second kappa shape index (κ2) is 4.00. The Kier molecular flexibility index (Phi) is 2.52. The molecule has 2 unspecified atom stereocenters. The van der Waals surface area contributed by atoms with Gasteiger partial charge in [-0.25, -0.2) is 0 Å². The van der Waals surface area contributed by atoms with Gasteiger partial charge in [-0.3, -0.25) is 0 Å². The lowest BCUT2D eigenvalue weighted by Gasteiger charge is -2.32. The summed E-state index contributed by atoms with van der Waals surface area (Å²) in [6.07, 6.45) is 10.1. The first-order chi connectivity index (χ1) is 7.45. The van der Waals surface area contributed by atoms with Gasteiger partial charge in [0.25, 0.3) is 0 Å². The molecule has 3 rings (SSSR count). The first-order valence-electron chi connectivity index (χ1n) is 6.53. The summed E-state index contributed by atoms with van der Waals surface area (Å²) in [5.41, 5.74) is 3.33. The highest BCUT2D eigenvalue weighted by Gasteiger charge is 2.29. The van der Waals surface area contributed by atoms with E-state index in [0.717, 1.165) is 11.8 Å². The topological polar surface area (TPSA) is 0 Å². The molecule has 2 atom stereocenters. The minimum absolute atomic E-state index is 0.900. The zero-order valence-corrected chi connectivity index (χ0v) is 9.41. The molecule has 2 aliphatic rings. The van der Waals surface area contributed by atoms with Gasteiger partial charge >= 0.3 is 0 Å². The van der Waals surface area contributed by atoms with Gasteiger partial charge in [0.1, 0.15) is 0 Å². The van der Waals surface area contributed by atoms with Crippen molar-refractivity contribution in [1.29, 1.82) is 0 Å². The van der Waals surface area contributed by atoms with Gasteiger partial charge in [-0.2, -0.15) is 0 Å². The lowest BCUT2D eigenvalue weighted by molar-refractivity contribution is 0.352. The summed E-state index contributed by atoms with van der Waals surface area (Å²) in [6.45, 7) is 0. The summed E-state index contributed by atoms with van der Waals surface area (Å²) in [4.78, 5) is 0. The summed E-state index contributed by atoms with van der Waals surface area (Å²) in [7, 11) is 0. The fraction of sp³-hybridized carbons (Fsp3) is 0.600.